The quantitative estimate of drug-likeness (QED) is 0.898. The van der Waals surface area contributed by atoms with E-state index in [2.05, 4.69) is 4.98 Å². The van der Waals surface area contributed by atoms with Crippen LogP contribution in [0.3, 0.4) is 0 Å². The van der Waals surface area contributed by atoms with Gasteiger partial charge in [-0.15, -0.1) is 11.3 Å². The fourth-order valence-corrected chi connectivity index (χ4v) is 2.37. The highest BCUT2D eigenvalue weighted by Gasteiger charge is 2.22. The van der Waals surface area contributed by atoms with Gasteiger partial charge in [-0.2, -0.15) is 0 Å². The van der Waals surface area contributed by atoms with Gasteiger partial charge in [0.1, 0.15) is 17.2 Å². The predicted octanol–water partition coefficient (Wildman–Crippen LogP) is 1.89. The molecule has 2 aromatic rings. The van der Waals surface area contributed by atoms with Gasteiger partial charge in [0, 0.05) is 5.69 Å². The van der Waals surface area contributed by atoms with Crippen molar-refractivity contribution in [2.75, 3.05) is 11.4 Å². The van der Waals surface area contributed by atoms with Gasteiger partial charge >= 0.3 is 5.97 Å². The first-order valence-electron chi connectivity index (χ1n) is 5.72. The van der Waals surface area contributed by atoms with Gasteiger partial charge in [0.25, 0.3) is 5.91 Å². The smallest absolute Gasteiger partial charge is 0.323 e. The summed E-state index contributed by atoms with van der Waals surface area (Å²) in [6.45, 7) is 1.31. The minimum absolute atomic E-state index is 0.0464. The molecule has 20 heavy (non-hydrogen) atoms. The van der Waals surface area contributed by atoms with E-state index < -0.39 is 18.4 Å². The van der Waals surface area contributed by atoms with E-state index in [1.165, 1.54) is 41.8 Å². The number of anilines is 1. The number of phenols is 1. The molecule has 0 saturated carbocycles. The Bertz CT molecular complexity index is 636. The number of hydrogen-bond acceptors (Lipinski definition) is 5. The number of hydrogen-bond donors (Lipinski definition) is 2. The average Bonchev–Trinajstić information content (AvgIpc) is 2.83. The van der Waals surface area contributed by atoms with E-state index in [4.69, 9.17) is 5.11 Å². The van der Waals surface area contributed by atoms with Crippen LogP contribution in [0.25, 0.3) is 0 Å². The lowest BCUT2D eigenvalue weighted by Gasteiger charge is -2.19. The molecule has 7 heteroatoms. The Morgan fingerprint density at radius 1 is 1.30 bits per heavy atom. The molecule has 1 amide bonds. The first-order chi connectivity index (χ1) is 9.47. The van der Waals surface area contributed by atoms with Crippen LogP contribution < -0.4 is 4.90 Å². The summed E-state index contributed by atoms with van der Waals surface area (Å²) in [5.41, 5.74) is 0.404. The van der Waals surface area contributed by atoms with Crippen LogP contribution in [0.2, 0.25) is 0 Å². The third kappa shape index (κ3) is 3.12. The number of aromatic nitrogens is 1. The molecule has 0 bridgehead atoms. The minimum atomic E-state index is -1.12. The number of phenolic OH excluding ortho intramolecular Hbond substituents is 1. The van der Waals surface area contributed by atoms with Crippen molar-refractivity contribution in [1.82, 2.24) is 4.98 Å². The van der Waals surface area contributed by atoms with E-state index >= 15 is 0 Å². The van der Waals surface area contributed by atoms with Gasteiger partial charge in [0.05, 0.1) is 11.2 Å². The Kier molecular flexibility index (Phi) is 3.99. The van der Waals surface area contributed by atoms with Gasteiger partial charge in [0.2, 0.25) is 0 Å². The van der Waals surface area contributed by atoms with Crippen LogP contribution >= 0.6 is 11.3 Å². The molecule has 0 aliphatic carbocycles. The number of thiazole rings is 1. The van der Waals surface area contributed by atoms with Crippen LogP contribution in [0.15, 0.2) is 30.5 Å². The number of aromatic hydroxyl groups is 1. The predicted molar refractivity (Wildman–Crippen MR) is 74.3 cm³/mol. The number of carbonyl (C=O) groups excluding carboxylic acids is 1. The molecule has 0 spiro atoms. The van der Waals surface area contributed by atoms with Crippen LogP contribution in [0.1, 0.15) is 14.7 Å². The van der Waals surface area contributed by atoms with Crippen molar-refractivity contribution >= 4 is 28.9 Å². The van der Waals surface area contributed by atoms with Crippen molar-refractivity contribution < 1.29 is 19.8 Å². The summed E-state index contributed by atoms with van der Waals surface area (Å²) in [5, 5.41) is 18.9. The van der Waals surface area contributed by atoms with Crippen LogP contribution in [-0.2, 0) is 4.79 Å². The second kappa shape index (κ2) is 5.70. The molecule has 2 N–H and O–H groups in total. The molecule has 0 saturated heterocycles. The number of benzene rings is 1. The maximum Gasteiger partial charge on any atom is 0.323 e. The second-order valence-corrected chi connectivity index (χ2v) is 5.28. The average molecular weight is 292 g/mol. The lowest BCUT2D eigenvalue weighted by atomic mass is 10.2. The number of carboxylic acids is 1. The van der Waals surface area contributed by atoms with E-state index in [0.717, 1.165) is 9.91 Å². The topological polar surface area (TPSA) is 90.7 Å². The molecule has 6 nitrogen and oxygen atoms in total. The monoisotopic (exact) mass is 292 g/mol. The molecule has 1 aromatic carbocycles. The number of rotatable bonds is 4. The van der Waals surface area contributed by atoms with E-state index in [0.29, 0.717) is 10.6 Å². The summed E-state index contributed by atoms with van der Waals surface area (Å²) >= 11 is 1.20. The zero-order chi connectivity index (χ0) is 14.7. The number of carbonyl (C=O) groups is 2. The van der Waals surface area contributed by atoms with Crippen molar-refractivity contribution in [3.05, 3.63) is 40.3 Å². The largest absolute Gasteiger partial charge is 0.508 e. The summed E-state index contributed by atoms with van der Waals surface area (Å²) in [4.78, 5) is 28.8. The van der Waals surface area contributed by atoms with Crippen molar-refractivity contribution in [3.8, 4) is 5.75 Å². The number of aryl methyl sites for hydroxylation is 1. The molecule has 0 unspecified atom stereocenters. The van der Waals surface area contributed by atoms with Crippen molar-refractivity contribution in [2.45, 2.75) is 6.92 Å². The van der Waals surface area contributed by atoms with E-state index in [9.17, 15) is 14.7 Å². The third-order valence-corrected chi connectivity index (χ3v) is 3.43. The Morgan fingerprint density at radius 2 is 1.95 bits per heavy atom. The number of amides is 1. The molecule has 0 atom stereocenters. The van der Waals surface area contributed by atoms with Crippen LogP contribution in [0.5, 0.6) is 5.75 Å². The molecule has 104 valence electrons. The third-order valence-electron chi connectivity index (χ3n) is 2.53. The molecular weight excluding hydrogens is 280 g/mol. The van der Waals surface area contributed by atoms with Gasteiger partial charge in [-0.1, -0.05) is 0 Å². The molecule has 0 aliphatic rings. The minimum Gasteiger partial charge on any atom is -0.508 e. The fourth-order valence-electron chi connectivity index (χ4n) is 1.64. The lowest BCUT2D eigenvalue weighted by Crippen LogP contribution is -2.35. The zero-order valence-electron chi connectivity index (χ0n) is 10.6. The molecule has 0 radical (unpaired) electrons. The summed E-state index contributed by atoms with van der Waals surface area (Å²) in [6.07, 6.45) is 1.43. The zero-order valence-corrected chi connectivity index (χ0v) is 11.4. The van der Waals surface area contributed by atoms with Crippen molar-refractivity contribution in [1.29, 1.82) is 0 Å². The summed E-state index contributed by atoms with van der Waals surface area (Å²) in [6, 6.07) is 5.78. The van der Waals surface area contributed by atoms with Gasteiger partial charge < -0.3 is 10.2 Å². The molecular formula is C13H12N2O4S. The molecule has 2 rings (SSSR count). The van der Waals surface area contributed by atoms with Gasteiger partial charge in [0.15, 0.2) is 0 Å². The normalized spacial score (nSPS) is 10.2. The Labute approximate surface area is 118 Å². The van der Waals surface area contributed by atoms with E-state index in [1.807, 2.05) is 0 Å². The highest BCUT2D eigenvalue weighted by atomic mass is 32.1. The molecule has 0 aliphatic heterocycles. The maximum absolute atomic E-state index is 12.3. The highest BCUT2D eigenvalue weighted by Crippen LogP contribution is 2.22. The number of carboxylic acid groups (broad SMARTS) is 1. The lowest BCUT2D eigenvalue weighted by molar-refractivity contribution is -0.135. The number of aliphatic carboxylic acids is 1. The maximum atomic E-state index is 12.3. The van der Waals surface area contributed by atoms with Gasteiger partial charge in [-0.25, -0.2) is 4.98 Å². The van der Waals surface area contributed by atoms with Crippen molar-refractivity contribution in [3.63, 3.8) is 0 Å². The summed E-state index contributed by atoms with van der Waals surface area (Å²) in [5.74, 6) is -1.50. The first-order valence-corrected chi connectivity index (χ1v) is 6.54. The summed E-state index contributed by atoms with van der Waals surface area (Å²) in [7, 11) is 0. The van der Waals surface area contributed by atoms with Gasteiger partial charge in [-0.3, -0.25) is 14.5 Å². The first kappa shape index (κ1) is 14.0. The standard InChI is InChI=1S/C13H12N2O4S/c1-8-14-6-11(20-8)13(19)15(7-12(17)18)9-2-4-10(16)5-3-9/h2-6,16H,7H2,1H3,(H,17,18). The molecule has 1 heterocycles. The van der Waals surface area contributed by atoms with Crippen LogP contribution in [0, 0.1) is 6.92 Å². The Morgan fingerprint density at radius 3 is 2.45 bits per heavy atom. The van der Waals surface area contributed by atoms with Crippen LogP contribution in [0.4, 0.5) is 5.69 Å². The van der Waals surface area contributed by atoms with E-state index in [-0.39, 0.29) is 5.75 Å². The van der Waals surface area contributed by atoms with Crippen LogP contribution in [-0.4, -0.2) is 33.6 Å². The van der Waals surface area contributed by atoms with Gasteiger partial charge in [-0.05, 0) is 31.2 Å². The SMILES string of the molecule is Cc1ncc(C(=O)N(CC(=O)O)c2ccc(O)cc2)s1. The molecule has 1 aromatic heterocycles. The second-order valence-electron chi connectivity index (χ2n) is 4.04. The van der Waals surface area contributed by atoms with Crippen molar-refractivity contribution in [2.24, 2.45) is 0 Å². The Hall–Kier alpha value is -2.41. The number of nitrogens with zero attached hydrogens (tertiary/aromatic N) is 2. The molecule has 0 fully saturated rings. The highest BCUT2D eigenvalue weighted by molar-refractivity contribution is 7.13. The Balaban J connectivity index is 2.34. The van der Waals surface area contributed by atoms with E-state index in [1.54, 1.807) is 6.92 Å². The summed E-state index contributed by atoms with van der Waals surface area (Å²) < 4.78 is 0. The fraction of sp³-hybridized carbons (Fsp3) is 0.154.